The zero-order chi connectivity index (χ0) is 85.2. The maximum absolute atomic E-state index is 10.0. The van der Waals surface area contributed by atoms with E-state index in [1.165, 1.54) is 22.7 Å². The number of para-hydroxylation sites is 2. The van der Waals surface area contributed by atoms with E-state index >= 15 is 0 Å². The fourth-order valence-electron chi connectivity index (χ4n) is 15.0. The number of nitrogens with zero attached hydrogens (tertiary/aromatic N) is 7. The number of hydrogen-bond donors (Lipinski definition) is 0. The summed E-state index contributed by atoms with van der Waals surface area (Å²) < 4.78 is 189. The second-order valence-electron chi connectivity index (χ2n) is 24.9. The van der Waals surface area contributed by atoms with E-state index in [2.05, 4.69) is 14.0 Å². The van der Waals surface area contributed by atoms with Gasteiger partial charge in [-0.3, -0.25) is 0 Å². The third-order valence-corrected chi connectivity index (χ3v) is 21.8. The zero-order valence-corrected chi connectivity index (χ0v) is 55.3. The van der Waals surface area contributed by atoms with Gasteiger partial charge in [0.05, 0.1) is 84.1 Å². The Morgan fingerprint density at radius 3 is 1.08 bits per heavy atom. The van der Waals surface area contributed by atoms with Crippen LogP contribution in [0.25, 0.3) is 206 Å². The number of benzene rings is 15. The summed E-state index contributed by atoms with van der Waals surface area (Å²) in [6.45, 7) is 10.0. The lowest BCUT2D eigenvalue weighted by Crippen LogP contribution is -2.12. The lowest BCUT2D eigenvalue weighted by molar-refractivity contribution is 1.04. The van der Waals surface area contributed by atoms with Crippen LogP contribution in [0.5, 0.6) is 0 Å². The molecule has 0 saturated heterocycles. The highest BCUT2D eigenvalue weighted by atomic mass is 32.1. The van der Waals surface area contributed by atoms with Gasteiger partial charge in [-0.25, -0.2) is 19.8 Å². The molecule has 0 bridgehead atoms. The van der Waals surface area contributed by atoms with Crippen molar-refractivity contribution < 1.29 is 27.4 Å². The molecule has 21 aromatic rings. The summed E-state index contributed by atoms with van der Waals surface area (Å²) in [5, 5.41) is 6.63. The van der Waals surface area contributed by atoms with Crippen molar-refractivity contribution in [3.8, 4) is 95.7 Å². The Balaban J connectivity index is 0.981. The van der Waals surface area contributed by atoms with Crippen LogP contribution in [0.4, 0.5) is 5.69 Å². The van der Waals surface area contributed by atoms with Gasteiger partial charge in [-0.05, 0) is 123 Å². The standard InChI is InChI=1S/C94H55N7S2/c1-95-76-56-75(94-97-92(61-32-16-6-17-33-61)96-93(98-94)62-34-18-7-19-35-62)87(100-79-46-40-63(57-24-8-2-9-25-57)54-73(79)85-81(100)48-44-69-71-52-65(59-28-12-4-13-29-59)42-50-83(71)102-90(69)85)89(99-77-38-22-20-36-67(77)68-37-21-23-39-78(68)99)88(76)101-80-47-41-64(58-26-10-3-11-27-58)55-74(80)86-82(101)49-45-70-72-53-66(60-30-14-5-15-31-60)43-51-84(72)103-91(70)86/h2-56H/i2D,3D,4D,5D,8D,9D,10D,11D,12D,13D,14D,15D,24D,25D,26D,27D,28D,29D,30D,31D. The van der Waals surface area contributed by atoms with Gasteiger partial charge in [0.2, 0.25) is 5.69 Å². The van der Waals surface area contributed by atoms with Crippen LogP contribution in [0.3, 0.4) is 0 Å². The predicted octanol–water partition coefficient (Wildman–Crippen LogP) is 26.1. The second-order valence-corrected chi connectivity index (χ2v) is 27.0. The first kappa shape index (κ1) is 41.9. The minimum absolute atomic E-state index is 0.00569. The SMILES string of the molecule is [2H]c1c([2H])c([2H])c(-c2ccc3sc4c(ccc5c4c4cc(-c6c([2H])c([2H])c([2H])c([2H])c6[2H])ccc4n5-c4c([N+]#[C-])cc(-c5nc(-c6ccccc6)nc(-c6ccccc6)n5)c(-n5c6ccc(-c7c([2H])c([2H])c([2H])c([2H])c7[2H])cc6c6c7sc8ccc(-c9c([2H])c([2H])c([2H])c([2H])c9[2H])cc8c7ccc65)c4-n4c5ccccc5c5ccccc54)c3c2)c([2H])c1[2H]. The molecule has 6 aromatic heterocycles. The van der Waals surface area contributed by atoms with Gasteiger partial charge >= 0.3 is 0 Å². The summed E-state index contributed by atoms with van der Waals surface area (Å²) in [6, 6.07) is 56.2. The maximum atomic E-state index is 10.0. The summed E-state index contributed by atoms with van der Waals surface area (Å²) in [5.41, 5.74) is 7.23. The van der Waals surface area contributed by atoms with Crippen LogP contribution in [0.1, 0.15) is 27.4 Å². The van der Waals surface area contributed by atoms with Crippen LogP contribution in [0, 0.1) is 6.57 Å². The molecule has 0 amide bonds. The second kappa shape index (κ2) is 23.4. The van der Waals surface area contributed by atoms with Gasteiger partial charge in [-0.15, -0.1) is 22.7 Å². The number of aromatic nitrogens is 6. The fourth-order valence-corrected chi connectivity index (χ4v) is 17.5. The van der Waals surface area contributed by atoms with Crippen LogP contribution in [-0.4, -0.2) is 28.7 Å². The first-order valence-corrected chi connectivity index (χ1v) is 34.6. The summed E-state index contributed by atoms with van der Waals surface area (Å²) in [5.74, 6) is 0.677. The Bertz CT molecular complexity index is 8190. The van der Waals surface area contributed by atoms with E-state index in [0.717, 1.165) is 20.2 Å². The lowest BCUT2D eigenvalue weighted by atomic mass is 10.0. The van der Waals surface area contributed by atoms with E-state index in [9.17, 15) is 12.1 Å². The maximum Gasteiger partial charge on any atom is 0.213 e. The molecule has 0 spiro atoms. The van der Waals surface area contributed by atoms with E-state index < -0.39 is 96.7 Å². The molecule has 0 aliphatic carbocycles. The Hall–Kier alpha value is -13.4. The number of hydrogen-bond acceptors (Lipinski definition) is 5. The quantitative estimate of drug-likeness (QED) is 0.128. The molecule has 0 unspecified atom stereocenters. The number of thiophene rings is 2. The zero-order valence-electron chi connectivity index (χ0n) is 73.7. The lowest BCUT2D eigenvalue weighted by Gasteiger charge is -2.26. The fraction of sp³-hybridized carbons (Fsp3) is 0. The van der Waals surface area contributed by atoms with Crippen LogP contribution in [-0.2, 0) is 0 Å². The summed E-state index contributed by atoms with van der Waals surface area (Å²) in [7, 11) is 0. The summed E-state index contributed by atoms with van der Waals surface area (Å²) in [4.78, 5) is 21.0. The molecule has 0 fully saturated rings. The van der Waals surface area contributed by atoms with Crippen molar-refractivity contribution in [2.75, 3.05) is 0 Å². The Labute approximate surface area is 627 Å². The molecular formula is C94H55N7S2. The Morgan fingerprint density at radius 2 is 0.641 bits per heavy atom. The highest BCUT2D eigenvalue weighted by Crippen LogP contribution is 2.54. The van der Waals surface area contributed by atoms with Crippen molar-refractivity contribution in [1.29, 1.82) is 0 Å². The predicted molar refractivity (Wildman–Crippen MR) is 433 cm³/mol. The highest BCUT2D eigenvalue weighted by Gasteiger charge is 2.33. The largest absolute Gasteiger partial charge is 0.317 e. The van der Waals surface area contributed by atoms with Crippen LogP contribution >= 0.6 is 22.7 Å². The topological polar surface area (TPSA) is 57.8 Å². The molecule has 0 aliphatic heterocycles. The molecule has 0 aliphatic rings. The molecule has 0 saturated carbocycles. The first-order chi connectivity index (χ1) is 59.3. The van der Waals surface area contributed by atoms with Crippen molar-refractivity contribution in [1.82, 2.24) is 28.7 Å². The van der Waals surface area contributed by atoms with E-state index in [1.54, 1.807) is 36.4 Å². The molecule has 103 heavy (non-hydrogen) atoms. The van der Waals surface area contributed by atoms with Gasteiger partial charge < -0.3 is 13.7 Å². The van der Waals surface area contributed by atoms with Crippen LogP contribution in [0.2, 0.25) is 0 Å². The van der Waals surface area contributed by atoms with E-state index in [1.807, 2.05) is 180 Å². The van der Waals surface area contributed by atoms with Gasteiger partial charge in [0.1, 0.15) is 0 Å². The Morgan fingerprint density at radius 1 is 0.282 bits per heavy atom. The number of rotatable bonds is 10. The average molecular weight is 1370 g/mol. The van der Waals surface area contributed by atoms with Crippen molar-refractivity contribution in [2.24, 2.45) is 0 Å². The van der Waals surface area contributed by atoms with Gasteiger partial charge in [-0.2, -0.15) is 0 Å². The molecule has 9 heteroatoms. The molecule has 0 atom stereocenters. The van der Waals surface area contributed by atoms with Crippen molar-refractivity contribution >= 4 is 134 Å². The molecule has 0 N–H and O–H groups in total. The van der Waals surface area contributed by atoms with Gasteiger partial charge in [-0.1, -0.05) is 254 Å². The smallest absolute Gasteiger partial charge is 0.213 e. The monoisotopic (exact) mass is 1370 g/mol. The van der Waals surface area contributed by atoms with Crippen molar-refractivity contribution in [3.05, 3.63) is 345 Å². The highest BCUT2D eigenvalue weighted by molar-refractivity contribution is 7.27. The third kappa shape index (κ3) is 9.22. The molecule has 6 heterocycles. The molecule has 0 radical (unpaired) electrons. The third-order valence-electron chi connectivity index (χ3n) is 19.4. The van der Waals surface area contributed by atoms with Crippen molar-refractivity contribution in [2.45, 2.75) is 0 Å². The normalized spacial score (nSPS) is 14.6. The van der Waals surface area contributed by atoms with Crippen molar-refractivity contribution in [3.63, 3.8) is 0 Å². The molecule has 7 nitrogen and oxygen atoms in total. The van der Waals surface area contributed by atoms with Gasteiger partial charge in [0.25, 0.3) is 0 Å². The minimum Gasteiger partial charge on any atom is -0.317 e. The van der Waals surface area contributed by atoms with E-state index in [-0.39, 0.29) is 80.7 Å². The molecule has 478 valence electrons. The summed E-state index contributed by atoms with van der Waals surface area (Å²) >= 11 is 2.85. The van der Waals surface area contributed by atoms with E-state index in [0.29, 0.717) is 130 Å². The summed E-state index contributed by atoms with van der Waals surface area (Å²) in [6.07, 6.45) is 0. The number of fused-ring (bicyclic) bond motifs is 17. The average Bonchev–Trinajstić information content (AvgIpc) is 1.53. The molecular weight excluding hydrogens is 1290 g/mol. The van der Waals surface area contributed by atoms with E-state index in [4.69, 9.17) is 36.9 Å². The van der Waals surface area contributed by atoms with Gasteiger partial charge in [0, 0.05) is 89.4 Å². The van der Waals surface area contributed by atoms with Crippen LogP contribution < -0.4 is 0 Å². The molecule has 21 rings (SSSR count). The van der Waals surface area contributed by atoms with Crippen LogP contribution in [0.15, 0.2) is 333 Å². The van der Waals surface area contributed by atoms with Gasteiger partial charge in [0.15, 0.2) is 17.5 Å². The Kier molecular flexibility index (Phi) is 9.51. The molecule has 15 aromatic carbocycles. The minimum atomic E-state index is -0.579. The first-order valence-electron chi connectivity index (χ1n) is 42.9.